The quantitative estimate of drug-likeness (QED) is 0.715. The zero-order valence-corrected chi connectivity index (χ0v) is 17.3. The summed E-state index contributed by atoms with van der Waals surface area (Å²) in [6.07, 6.45) is 0.527. The number of carboxylic acid groups (broad SMARTS) is 1. The Morgan fingerprint density at radius 2 is 1.66 bits per heavy atom. The summed E-state index contributed by atoms with van der Waals surface area (Å²) in [5, 5.41) is 11.9. The van der Waals surface area contributed by atoms with Crippen molar-refractivity contribution in [1.29, 1.82) is 0 Å². The van der Waals surface area contributed by atoms with E-state index in [1.165, 1.54) is 12.1 Å². The lowest BCUT2D eigenvalue weighted by molar-refractivity contribution is -0.132. The number of likely N-dealkylation sites (N-methyl/N-ethyl adjacent to an activating group) is 1. The predicted octanol–water partition coefficient (Wildman–Crippen LogP) is 3.50. The maximum atomic E-state index is 13.0. The molecule has 1 atom stereocenters. The molecule has 0 aliphatic heterocycles. The van der Waals surface area contributed by atoms with Crippen LogP contribution < -0.4 is 5.32 Å². The fraction of sp³-hybridized carbons (Fsp3) is 0.348. The Labute approximate surface area is 171 Å². The fourth-order valence-electron chi connectivity index (χ4n) is 3.13. The van der Waals surface area contributed by atoms with Crippen molar-refractivity contribution in [3.05, 3.63) is 70.8 Å². The second-order valence-electron chi connectivity index (χ2n) is 7.67. The highest BCUT2D eigenvalue weighted by Gasteiger charge is 2.26. The molecule has 1 unspecified atom stereocenters. The fourth-order valence-corrected chi connectivity index (χ4v) is 3.13. The molecular weight excluding hydrogens is 368 g/mol. The lowest BCUT2D eigenvalue weighted by Gasteiger charge is -2.26. The molecule has 0 fully saturated rings. The lowest BCUT2D eigenvalue weighted by atomic mass is 10.0. The Hall–Kier alpha value is -3.15. The molecule has 0 saturated carbocycles. The maximum Gasteiger partial charge on any atom is 0.335 e. The number of hydrogen-bond acceptors (Lipinski definition) is 3. The molecule has 0 aliphatic carbocycles. The van der Waals surface area contributed by atoms with E-state index in [9.17, 15) is 14.4 Å². The van der Waals surface area contributed by atoms with E-state index in [0.29, 0.717) is 18.5 Å². The smallest absolute Gasteiger partial charge is 0.335 e. The molecule has 2 N–H and O–H groups in total. The average Bonchev–Trinajstić information content (AvgIpc) is 2.67. The van der Waals surface area contributed by atoms with Gasteiger partial charge in [0.05, 0.1) is 5.56 Å². The second-order valence-corrected chi connectivity index (χ2v) is 7.67. The minimum absolute atomic E-state index is 0.178. The third-order valence-electron chi connectivity index (χ3n) is 4.70. The van der Waals surface area contributed by atoms with E-state index in [4.69, 9.17) is 5.11 Å². The number of rotatable bonds is 8. The van der Waals surface area contributed by atoms with E-state index in [0.717, 1.165) is 11.1 Å². The second kappa shape index (κ2) is 9.87. The van der Waals surface area contributed by atoms with Crippen LogP contribution in [0.25, 0.3) is 0 Å². The van der Waals surface area contributed by atoms with Gasteiger partial charge in [0.2, 0.25) is 5.91 Å². The van der Waals surface area contributed by atoms with Crippen LogP contribution in [0.5, 0.6) is 0 Å². The maximum absolute atomic E-state index is 13.0. The molecule has 0 aromatic heterocycles. The molecule has 6 heteroatoms. The van der Waals surface area contributed by atoms with Gasteiger partial charge in [-0.25, -0.2) is 4.79 Å². The third-order valence-corrected chi connectivity index (χ3v) is 4.70. The minimum Gasteiger partial charge on any atom is -0.478 e. The molecule has 0 heterocycles. The predicted molar refractivity (Wildman–Crippen MR) is 112 cm³/mol. The molecule has 0 radical (unpaired) electrons. The highest BCUT2D eigenvalue weighted by Crippen LogP contribution is 2.13. The number of aryl methyl sites for hydroxylation is 1. The Kier molecular flexibility index (Phi) is 7.53. The van der Waals surface area contributed by atoms with Crippen molar-refractivity contribution in [2.75, 3.05) is 7.05 Å². The van der Waals surface area contributed by atoms with Gasteiger partial charge in [0.1, 0.15) is 6.04 Å². The van der Waals surface area contributed by atoms with Gasteiger partial charge in [-0.3, -0.25) is 9.59 Å². The van der Waals surface area contributed by atoms with Crippen LogP contribution in [0.1, 0.15) is 52.1 Å². The van der Waals surface area contributed by atoms with Gasteiger partial charge >= 0.3 is 5.97 Å². The summed E-state index contributed by atoms with van der Waals surface area (Å²) in [5.74, 6) is -1.20. The van der Waals surface area contributed by atoms with Crippen LogP contribution >= 0.6 is 0 Å². The summed E-state index contributed by atoms with van der Waals surface area (Å²) in [6, 6.07) is 13.1. The van der Waals surface area contributed by atoms with Crippen molar-refractivity contribution in [1.82, 2.24) is 10.2 Å². The number of nitrogens with one attached hydrogen (secondary N) is 1. The molecule has 6 nitrogen and oxygen atoms in total. The zero-order chi connectivity index (χ0) is 21.6. The monoisotopic (exact) mass is 396 g/mol. The van der Waals surface area contributed by atoms with Crippen molar-refractivity contribution >= 4 is 17.8 Å². The van der Waals surface area contributed by atoms with E-state index < -0.39 is 12.0 Å². The van der Waals surface area contributed by atoms with E-state index >= 15 is 0 Å². The number of benzene rings is 2. The molecule has 0 aliphatic rings. The van der Waals surface area contributed by atoms with Crippen LogP contribution in [0.2, 0.25) is 0 Å². The first-order valence-corrected chi connectivity index (χ1v) is 9.62. The van der Waals surface area contributed by atoms with Gasteiger partial charge < -0.3 is 15.3 Å². The summed E-state index contributed by atoms with van der Waals surface area (Å²) in [5.41, 5.74) is 2.43. The third kappa shape index (κ3) is 6.17. The lowest BCUT2D eigenvalue weighted by Crippen LogP contribution is -2.47. The standard InChI is InChI=1S/C23H28N2O4/c1-15(2)13-20(24-21(26)19-8-6-5-7-16(19)3)22(27)25(4)14-17-9-11-18(12-10-17)23(28)29/h5-12,15,20H,13-14H2,1-4H3,(H,24,26)(H,28,29). The van der Waals surface area contributed by atoms with Crippen molar-refractivity contribution in [3.8, 4) is 0 Å². The van der Waals surface area contributed by atoms with Gasteiger partial charge in [-0.2, -0.15) is 0 Å². The Morgan fingerprint density at radius 3 is 2.21 bits per heavy atom. The molecule has 2 aromatic rings. The number of carbonyl (C=O) groups excluding carboxylic acids is 2. The van der Waals surface area contributed by atoms with E-state index in [2.05, 4.69) is 5.32 Å². The van der Waals surface area contributed by atoms with Crippen LogP contribution in [-0.2, 0) is 11.3 Å². The normalized spacial score (nSPS) is 11.8. The SMILES string of the molecule is Cc1ccccc1C(=O)NC(CC(C)C)C(=O)N(C)Cc1ccc(C(=O)O)cc1. The number of aromatic carboxylic acids is 1. The van der Waals surface area contributed by atoms with Crippen molar-refractivity contribution in [2.45, 2.75) is 39.8 Å². The highest BCUT2D eigenvalue weighted by atomic mass is 16.4. The molecule has 0 bridgehead atoms. The topological polar surface area (TPSA) is 86.7 Å². The number of hydrogen-bond donors (Lipinski definition) is 2. The molecule has 154 valence electrons. The number of nitrogens with zero attached hydrogens (tertiary/aromatic N) is 1. The first kappa shape index (κ1) is 22.1. The van der Waals surface area contributed by atoms with Crippen LogP contribution in [0.4, 0.5) is 0 Å². The summed E-state index contributed by atoms with van der Waals surface area (Å²) in [6.45, 7) is 6.20. The van der Waals surface area contributed by atoms with Gasteiger partial charge in [-0.05, 0) is 48.6 Å². The van der Waals surface area contributed by atoms with E-state index in [1.807, 2.05) is 32.9 Å². The summed E-state index contributed by atoms with van der Waals surface area (Å²) in [7, 11) is 1.68. The zero-order valence-electron chi connectivity index (χ0n) is 17.3. The molecule has 2 aromatic carbocycles. The molecule has 2 amide bonds. The Bertz CT molecular complexity index is 875. The van der Waals surface area contributed by atoms with Crippen LogP contribution in [-0.4, -0.2) is 40.9 Å². The van der Waals surface area contributed by atoms with Crippen LogP contribution in [0.15, 0.2) is 48.5 Å². The number of amides is 2. The average molecular weight is 396 g/mol. The van der Waals surface area contributed by atoms with E-state index in [1.54, 1.807) is 36.2 Å². The Morgan fingerprint density at radius 1 is 1.03 bits per heavy atom. The molecule has 0 saturated heterocycles. The number of carbonyl (C=O) groups is 3. The minimum atomic E-state index is -0.989. The van der Waals surface area contributed by atoms with E-state index in [-0.39, 0.29) is 23.3 Å². The first-order chi connectivity index (χ1) is 13.7. The van der Waals surface area contributed by atoms with Crippen molar-refractivity contribution in [2.24, 2.45) is 5.92 Å². The summed E-state index contributed by atoms with van der Waals surface area (Å²) < 4.78 is 0. The van der Waals surface area contributed by atoms with Gasteiger partial charge in [0, 0.05) is 19.2 Å². The summed E-state index contributed by atoms with van der Waals surface area (Å²) in [4.78, 5) is 38.3. The summed E-state index contributed by atoms with van der Waals surface area (Å²) >= 11 is 0. The Balaban J connectivity index is 2.11. The van der Waals surface area contributed by atoms with Gasteiger partial charge in [-0.15, -0.1) is 0 Å². The number of carboxylic acids is 1. The first-order valence-electron chi connectivity index (χ1n) is 9.62. The molecule has 29 heavy (non-hydrogen) atoms. The van der Waals surface area contributed by atoms with Crippen LogP contribution in [0, 0.1) is 12.8 Å². The van der Waals surface area contributed by atoms with Gasteiger partial charge in [0.25, 0.3) is 5.91 Å². The molecule has 2 rings (SSSR count). The van der Waals surface area contributed by atoms with Crippen molar-refractivity contribution < 1.29 is 19.5 Å². The highest BCUT2D eigenvalue weighted by molar-refractivity contribution is 5.98. The van der Waals surface area contributed by atoms with Crippen molar-refractivity contribution in [3.63, 3.8) is 0 Å². The molecular formula is C23H28N2O4. The molecule has 0 spiro atoms. The van der Waals surface area contributed by atoms with Gasteiger partial charge in [0.15, 0.2) is 0 Å². The van der Waals surface area contributed by atoms with Gasteiger partial charge in [-0.1, -0.05) is 44.2 Å². The largest absolute Gasteiger partial charge is 0.478 e. The van der Waals surface area contributed by atoms with Crippen LogP contribution in [0.3, 0.4) is 0 Å².